The summed E-state index contributed by atoms with van der Waals surface area (Å²) < 4.78 is 42.0. The number of aliphatic carboxylic acids is 1. The number of hydrogen-bond donors (Lipinski definition) is 3. The molecular weight excluding hydrogens is 417 g/mol. The van der Waals surface area contributed by atoms with Crippen LogP contribution in [0.5, 0.6) is 5.75 Å². The van der Waals surface area contributed by atoms with Gasteiger partial charge in [-0.1, -0.05) is 0 Å². The largest absolute Gasteiger partial charge is 0.505 e. The molecule has 162 valence electrons. The van der Waals surface area contributed by atoms with Crippen LogP contribution in [-0.4, -0.2) is 39.1 Å². The Balaban J connectivity index is 2.20. The molecular formula is C21H17F3N2O5. The number of carboxylic acid groups (broad SMARTS) is 1. The van der Waals surface area contributed by atoms with E-state index < -0.39 is 53.4 Å². The highest BCUT2D eigenvalue weighted by molar-refractivity contribution is 6.05. The van der Waals surface area contributed by atoms with Crippen molar-refractivity contribution < 1.29 is 37.8 Å². The number of carbonyl (C=O) groups is 3. The zero-order valence-corrected chi connectivity index (χ0v) is 16.4. The summed E-state index contributed by atoms with van der Waals surface area (Å²) in [4.78, 5) is 36.2. The lowest BCUT2D eigenvalue weighted by Crippen LogP contribution is -2.32. The lowest BCUT2D eigenvalue weighted by molar-refractivity contribution is -0.138. The molecule has 0 saturated heterocycles. The van der Waals surface area contributed by atoms with Crippen molar-refractivity contribution in [2.45, 2.75) is 19.8 Å². The average molecular weight is 434 g/mol. The number of hydrogen-bond acceptors (Lipinski definition) is 4. The Morgan fingerprint density at radius 3 is 2.35 bits per heavy atom. The predicted molar refractivity (Wildman–Crippen MR) is 103 cm³/mol. The lowest BCUT2D eigenvalue weighted by atomic mass is 9.97. The number of aromatic hydroxyl groups is 1. The summed E-state index contributed by atoms with van der Waals surface area (Å²) in [7, 11) is 0. The molecule has 10 heteroatoms. The highest BCUT2D eigenvalue weighted by Gasteiger charge is 2.28. The van der Waals surface area contributed by atoms with E-state index in [-0.39, 0.29) is 27.7 Å². The molecule has 1 heterocycles. The molecule has 0 aliphatic carbocycles. The minimum Gasteiger partial charge on any atom is -0.505 e. The van der Waals surface area contributed by atoms with Gasteiger partial charge in [0.1, 0.15) is 6.54 Å². The number of nitrogens with one attached hydrogen (secondary N) is 1. The van der Waals surface area contributed by atoms with E-state index in [1.54, 1.807) is 0 Å². The van der Waals surface area contributed by atoms with Crippen molar-refractivity contribution >= 4 is 28.7 Å². The molecule has 3 aromatic rings. The Morgan fingerprint density at radius 2 is 1.74 bits per heavy atom. The second kappa shape index (κ2) is 8.13. The molecule has 31 heavy (non-hydrogen) atoms. The van der Waals surface area contributed by atoms with Gasteiger partial charge in [-0.25, -0.2) is 13.2 Å². The first kappa shape index (κ1) is 21.9. The smallest absolute Gasteiger partial charge is 0.322 e. The Hall–Kier alpha value is -3.82. The van der Waals surface area contributed by atoms with Crippen LogP contribution in [0.15, 0.2) is 30.3 Å². The molecule has 7 nitrogen and oxygen atoms in total. The maximum atomic E-state index is 14.1. The van der Waals surface area contributed by atoms with Crippen molar-refractivity contribution in [1.29, 1.82) is 0 Å². The second-order valence-corrected chi connectivity index (χ2v) is 6.92. The van der Waals surface area contributed by atoms with Crippen LogP contribution >= 0.6 is 0 Å². The second-order valence-electron chi connectivity index (χ2n) is 6.92. The SMILES string of the molecule is Cc1c([C@@H](C)C(=O)NCC(=O)O)c2cc(O)c(F)cc2n1C(=O)c1ccc(F)c(F)c1. The Labute approximate surface area is 173 Å². The van der Waals surface area contributed by atoms with E-state index in [9.17, 15) is 32.7 Å². The van der Waals surface area contributed by atoms with E-state index in [1.165, 1.54) is 13.8 Å². The van der Waals surface area contributed by atoms with E-state index in [4.69, 9.17) is 5.11 Å². The maximum absolute atomic E-state index is 14.1. The molecule has 0 radical (unpaired) electrons. The molecule has 0 aliphatic heterocycles. The van der Waals surface area contributed by atoms with Gasteiger partial charge in [0.05, 0.1) is 11.4 Å². The summed E-state index contributed by atoms with van der Waals surface area (Å²) in [5.74, 6) is -7.86. The number of benzene rings is 2. The molecule has 0 fully saturated rings. The maximum Gasteiger partial charge on any atom is 0.322 e. The summed E-state index contributed by atoms with van der Waals surface area (Å²) in [6, 6.07) is 4.47. The number of aromatic nitrogens is 1. The molecule has 1 amide bonds. The number of carbonyl (C=O) groups excluding carboxylic acids is 2. The summed E-state index contributed by atoms with van der Waals surface area (Å²) in [6.45, 7) is 2.28. The number of halogens is 3. The molecule has 2 aromatic carbocycles. The normalized spacial score (nSPS) is 12.0. The van der Waals surface area contributed by atoms with Crippen LogP contribution in [0.4, 0.5) is 13.2 Å². The first-order chi connectivity index (χ1) is 14.5. The van der Waals surface area contributed by atoms with Gasteiger partial charge in [0, 0.05) is 22.7 Å². The Morgan fingerprint density at radius 1 is 1.06 bits per heavy atom. The molecule has 0 aliphatic rings. The van der Waals surface area contributed by atoms with Crippen LogP contribution in [0.25, 0.3) is 10.9 Å². The van der Waals surface area contributed by atoms with Gasteiger partial charge in [-0.15, -0.1) is 0 Å². The minimum absolute atomic E-state index is 0.00424. The molecule has 0 unspecified atom stereocenters. The van der Waals surface area contributed by atoms with Crippen LogP contribution < -0.4 is 5.32 Å². The van der Waals surface area contributed by atoms with Crippen molar-refractivity contribution in [3.05, 3.63) is 64.6 Å². The third-order valence-electron chi connectivity index (χ3n) is 4.93. The number of phenols is 1. The van der Waals surface area contributed by atoms with Gasteiger partial charge in [-0.2, -0.15) is 0 Å². The summed E-state index contributed by atoms with van der Waals surface area (Å²) in [5.41, 5.74) is 0.203. The molecule has 0 saturated carbocycles. The van der Waals surface area contributed by atoms with Gasteiger partial charge in [-0.3, -0.25) is 19.0 Å². The first-order valence-corrected chi connectivity index (χ1v) is 9.05. The molecule has 0 bridgehead atoms. The van der Waals surface area contributed by atoms with Crippen LogP contribution in [0.2, 0.25) is 0 Å². The van der Waals surface area contributed by atoms with E-state index in [0.717, 1.165) is 28.8 Å². The van der Waals surface area contributed by atoms with E-state index >= 15 is 0 Å². The summed E-state index contributed by atoms with van der Waals surface area (Å²) in [5, 5.41) is 21.0. The van der Waals surface area contributed by atoms with Gasteiger partial charge in [0.2, 0.25) is 5.91 Å². The number of fused-ring (bicyclic) bond motifs is 1. The van der Waals surface area contributed by atoms with Gasteiger partial charge in [0.25, 0.3) is 5.91 Å². The van der Waals surface area contributed by atoms with Crippen molar-refractivity contribution in [3.63, 3.8) is 0 Å². The van der Waals surface area contributed by atoms with Crippen LogP contribution in [0.3, 0.4) is 0 Å². The topological polar surface area (TPSA) is 109 Å². The van der Waals surface area contributed by atoms with E-state index in [2.05, 4.69) is 5.32 Å². The van der Waals surface area contributed by atoms with Crippen molar-refractivity contribution in [2.75, 3.05) is 6.54 Å². The monoisotopic (exact) mass is 434 g/mol. The Bertz CT molecular complexity index is 1240. The third kappa shape index (κ3) is 3.96. The quantitative estimate of drug-likeness (QED) is 0.572. The molecule has 0 spiro atoms. The number of amides is 1. The standard InChI is InChI=1S/C21H17F3N2O5/c1-9(20(30)25-8-18(28)29)19-10(2)26(16-7-15(24)17(27)6-12(16)19)21(31)11-3-4-13(22)14(23)5-11/h3-7,9,27H,8H2,1-2H3,(H,25,30)(H,28,29)/t9-/m1/s1. The molecule has 1 atom stereocenters. The zero-order chi connectivity index (χ0) is 23.0. The summed E-state index contributed by atoms with van der Waals surface area (Å²) >= 11 is 0. The number of nitrogens with zero attached hydrogens (tertiary/aromatic N) is 1. The van der Waals surface area contributed by atoms with E-state index in [1.807, 2.05) is 0 Å². The highest BCUT2D eigenvalue weighted by atomic mass is 19.2. The highest BCUT2D eigenvalue weighted by Crippen LogP contribution is 2.36. The third-order valence-corrected chi connectivity index (χ3v) is 4.93. The van der Waals surface area contributed by atoms with Gasteiger partial charge < -0.3 is 15.5 Å². The number of rotatable bonds is 5. The van der Waals surface area contributed by atoms with Crippen molar-refractivity contribution in [2.24, 2.45) is 0 Å². The fourth-order valence-electron chi connectivity index (χ4n) is 3.46. The Kier molecular flexibility index (Phi) is 5.74. The average Bonchev–Trinajstić information content (AvgIpc) is 2.98. The molecule has 1 aromatic heterocycles. The zero-order valence-electron chi connectivity index (χ0n) is 16.4. The van der Waals surface area contributed by atoms with Gasteiger partial charge >= 0.3 is 5.97 Å². The van der Waals surface area contributed by atoms with Crippen molar-refractivity contribution in [3.8, 4) is 5.75 Å². The number of phenolic OH excluding ortho intramolecular Hbond substituents is 1. The van der Waals surface area contributed by atoms with Gasteiger partial charge in [0.15, 0.2) is 23.2 Å². The fourth-order valence-corrected chi connectivity index (χ4v) is 3.46. The first-order valence-electron chi connectivity index (χ1n) is 9.05. The van der Waals surface area contributed by atoms with E-state index in [0.29, 0.717) is 6.07 Å². The van der Waals surface area contributed by atoms with Crippen LogP contribution in [0, 0.1) is 24.4 Å². The number of carboxylic acids is 1. The minimum atomic E-state index is -1.26. The molecule has 3 N–H and O–H groups in total. The fraction of sp³-hybridized carbons (Fsp3) is 0.190. The van der Waals surface area contributed by atoms with Crippen molar-refractivity contribution in [1.82, 2.24) is 9.88 Å². The van der Waals surface area contributed by atoms with Crippen LogP contribution in [-0.2, 0) is 9.59 Å². The van der Waals surface area contributed by atoms with Gasteiger partial charge in [-0.05, 0) is 43.7 Å². The van der Waals surface area contributed by atoms with Crippen LogP contribution in [0.1, 0.15) is 34.5 Å². The predicted octanol–water partition coefficient (Wildman–Crippen LogP) is 3.07. The molecule has 3 rings (SSSR count). The lowest BCUT2D eigenvalue weighted by Gasteiger charge is -2.13. The summed E-state index contributed by atoms with van der Waals surface area (Å²) in [6.07, 6.45) is 0.